The van der Waals surface area contributed by atoms with E-state index in [9.17, 15) is 0 Å². The first-order valence-corrected chi connectivity index (χ1v) is 6.82. The predicted molar refractivity (Wildman–Crippen MR) is 77.2 cm³/mol. The molecule has 0 amide bonds. The van der Waals surface area contributed by atoms with Crippen molar-refractivity contribution in [3.63, 3.8) is 0 Å². The number of nitrogens with one attached hydrogen (secondary N) is 1. The van der Waals surface area contributed by atoms with Crippen LogP contribution in [-0.4, -0.2) is 19.8 Å². The second-order valence-corrected chi connectivity index (χ2v) is 5.26. The molecule has 0 fully saturated rings. The number of benzene rings is 1. The normalized spacial score (nSPS) is 11.4. The Hall–Kier alpha value is -1.23. The largest absolute Gasteiger partial charge is 0.293 e. The molecule has 3 aromatic rings. The quantitative estimate of drug-likeness (QED) is 0.768. The number of aryl methyl sites for hydroxylation is 1. The highest BCUT2D eigenvalue weighted by atomic mass is 35.5. The minimum absolute atomic E-state index is 0.476. The van der Waals surface area contributed by atoms with Crippen LogP contribution >= 0.6 is 34.8 Å². The van der Waals surface area contributed by atoms with E-state index in [-0.39, 0.29) is 0 Å². The van der Waals surface area contributed by atoms with Crippen LogP contribution in [-0.2, 0) is 6.42 Å². The van der Waals surface area contributed by atoms with Gasteiger partial charge in [0.05, 0.1) is 15.7 Å². The Morgan fingerprint density at radius 3 is 2.63 bits per heavy atom. The molecule has 3 rings (SSSR count). The molecule has 4 nitrogen and oxygen atoms in total. The van der Waals surface area contributed by atoms with E-state index in [1.165, 1.54) is 0 Å². The Balaban J connectivity index is 2.22. The zero-order chi connectivity index (χ0) is 13.6. The number of rotatable bonds is 2. The molecule has 1 N–H and O–H groups in total. The van der Waals surface area contributed by atoms with Crippen LogP contribution in [0.2, 0.25) is 15.1 Å². The molecular weight excluding hydrogens is 307 g/mol. The van der Waals surface area contributed by atoms with Gasteiger partial charge in [-0.3, -0.25) is 5.10 Å². The number of nitrogens with zero attached hydrogens (tertiary/aromatic N) is 3. The van der Waals surface area contributed by atoms with Crippen LogP contribution in [0.4, 0.5) is 0 Å². The summed E-state index contributed by atoms with van der Waals surface area (Å²) in [6, 6.07) is 5.32. The summed E-state index contributed by atoms with van der Waals surface area (Å²) in [7, 11) is 0. The Labute approximate surface area is 124 Å². The molecule has 2 heterocycles. The predicted octanol–water partition coefficient (Wildman–Crippen LogP) is 4.25. The smallest absolute Gasteiger partial charge is 0.196 e. The fraction of sp³-hybridized carbons (Fsp3) is 0.167. The first-order chi connectivity index (χ1) is 9.11. The van der Waals surface area contributed by atoms with E-state index in [0.29, 0.717) is 26.5 Å². The number of H-pyrrole nitrogens is 1. The molecule has 0 unspecified atom stereocenters. The number of aromatic amines is 1. The van der Waals surface area contributed by atoms with Gasteiger partial charge in [-0.25, -0.2) is 4.52 Å². The maximum atomic E-state index is 6.21. The average Bonchev–Trinajstić information content (AvgIpc) is 2.94. The Morgan fingerprint density at radius 2 is 1.95 bits per heavy atom. The first kappa shape index (κ1) is 12.8. The van der Waals surface area contributed by atoms with E-state index in [1.54, 1.807) is 16.6 Å². The third kappa shape index (κ3) is 2.00. The van der Waals surface area contributed by atoms with Crippen LogP contribution in [0.25, 0.3) is 17.0 Å². The van der Waals surface area contributed by atoms with Crippen molar-refractivity contribution < 1.29 is 0 Å². The maximum absolute atomic E-state index is 6.21. The Bertz CT molecular complexity index is 760. The van der Waals surface area contributed by atoms with Crippen molar-refractivity contribution in [3.05, 3.63) is 39.0 Å². The lowest BCUT2D eigenvalue weighted by molar-refractivity contribution is 0.901. The topological polar surface area (TPSA) is 46.0 Å². The van der Waals surface area contributed by atoms with Gasteiger partial charge < -0.3 is 0 Å². The third-order valence-corrected chi connectivity index (χ3v) is 4.04. The monoisotopic (exact) mass is 314 g/mol. The Kier molecular flexibility index (Phi) is 3.17. The van der Waals surface area contributed by atoms with Gasteiger partial charge in [-0.2, -0.15) is 0 Å². The van der Waals surface area contributed by atoms with Gasteiger partial charge >= 0.3 is 0 Å². The standard InChI is InChI=1S/C12H9Cl3N4/c1-2-9-10(15)12-17-16-11(19(12)18-9)6-3-4-7(13)8(14)5-6/h3-5,18H,2H2,1H3. The zero-order valence-electron chi connectivity index (χ0n) is 9.91. The molecule has 0 radical (unpaired) electrons. The highest BCUT2D eigenvalue weighted by Gasteiger charge is 2.16. The summed E-state index contributed by atoms with van der Waals surface area (Å²) in [4.78, 5) is 0. The van der Waals surface area contributed by atoms with Crippen LogP contribution in [0.15, 0.2) is 18.2 Å². The summed E-state index contributed by atoms with van der Waals surface area (Å²) in [5.41, 5.74) is 2.36. The molecule has 0 aliphatic carbocycles. The van der Waals surface area contributed by atoms with Crippen molar-refractivity contribution in [2.75, 3.05) is 0 Å². The second-order valence-electron chi connectivity index (χ2n) is 4.07. The van der Waals surface area contributed by atoms with E-state index in [1.807, 2.05) is 13.0 Å². The molecule has 0 spiro atoms. The van der Waals surface area contributed by atoms with Crippen LogP contribution < -0.4 is 0 Å². The van der Waals surface area contributed by atoms with Crippen molar-refractivity contribution in [1.82, 2.24) is 19.8 Å². The number of halogens is 3. The van der Waals surface area contributed by atoms with Gasteiger partial charge in [0.15, 0.2) is 11.5 Å². The van der Waals surface area contributed by atoms with Gasteiger partial charge in [0.25, 0.3) is 0 Å². The van der Waals surface area contributed by atoms with Gasteiger partial charge in [-0.1, -0.05) is 41.7 Å². The minimum atomic E-state index is 0.476. The van der Waals surface area contributed by atoms with Crippen LogP contribution in [0.1, 0.15) is 12.6 Å². The summed E-state index contributed by atoms with van der Waals surface area (Å²) < 4.78 is 1.75. The third-order valence-electron chi connectivity index (χ3n) is 2.90. The van der Waals surface area contributed by atoms with Gasteiger partial charge in [-0.05, 0) is 24.6 Å². The summed E-state index contributed by atoms with van der Waals surface area (Å²) >= 11 is 18.1. The van der Waals surface area contributed by atoms with Gasteiger partial charge in [0.2, 0.25) is 0 Å². The molecule has 19 heavy (non-hydrogen) atoms. The van der Waals surface area contributed by atoms with Crippen molar-refractivity contribution in [2.24, 2.45) is 0 Å². The lowest BCUT2D eigenvalue weighted by Gasteiger charge is -2.00. The minimum Gasteiger partial charge on any atom is -0.293 e. The molecule has 7 heteroatoms. The van der Waals surface area contributed by atoms with E-state index < -0.39 is 0 Å². The molecule has 98 valence electrons. The van der Waals surface area contributed by atoms with E-state index in [4.69, 9.17) is 34.8 Å². The van der Waals surface area contributed by atoms with Crippen molar-refractivity contribution >= 4 is 40.4 Å². The van der Waals surface area contributed by atoms with Crippen molar-refractivity contribution in [2.45, 2.75) is 13.3 Å². The SMILES string of the molecule is CCc1[nH]n2c(-c3ccc(Cl)c(Cl)c3)nnc2c1Cl. The van der Waals surface area contributed by atoms with E-state index >= 15 is 0 Å². The lowest BCUT2D eigenvalue weighted by atomic mass is 10.2. The highest BCUT2D eigenvalue weighted by molar-refractivity contribution is 6.42. The molecule has 2 aromatic heterocycles. The molecule has 0 bridgehead atoms. The van der Waals surface area contributed by atoms with Gasteiger partial charge in [0.1, 0.15) is 5.02 Å². The molecule has 0 aliphatic heterocycles. The number of aromatic nitrogens is 4. The van der Waals surface area contributed by atoms with Crippen molar-refractivity contribution in [1.29, 1.82) is 0 Å². The zero-order valence-corrected chi connectivity index (χ0v) is 12.2. The number of fused-ring (bicyclic) bond motifs is 1. The molecule has 0 saturated heterocycles. The van der Waals surface area contributed by atoms with Crippen molar-refractivity contribution in [3.8, 4) is 11.4 Å². The number of hydrogen-bond acceptors (Lipinski definition) is 2. The number of hydrogen-bond donors (Lipinski definition) is 1. The summed E-state index contributed by atoms with van der Waals surface area (Å²) in [6.07, 6.45) is 0.795. The molecule has 0 aliphatic rings. The molecule has 1 aromatic carbocycles. The maximum Gasteiger partial charge on any atom is 0.196 e. The van der Waals surface area contributed by atoms with Crippen LogP contribution in [0.5, 0.6) is 0 Å². The van der Waals surface area contributed by atoms with Crippen LogP contribution in [0.3, 0.4) is 0 Å². The van der Waals surface area contributed by atoms with E-state index in [0.717, 1.165) is 17.7 Å². The fourth-order valence-corrected chi connectivity index (χ4v) is 2.50. The van der Waals surface area contributed by atoms with Gasteiger partial charge in [0, 0.05) is 5.56 Å². The highest BCUT2D eigenvalue weighted by Crippen LogP contribution is 2.29. The van der Waals surface area contributed by atoms with Crippen LogP contribution in [0, 0.1) is 0 Å². The Morgan fingerprint density at radius 1 is 1.16 bits per heavy atom. The lowest BCUT2D eigenvalue weighted by Crippen LogP contribution is -1.92. The average molecular weight is 316 g/mol. The van der Waals surface area contributed by atoms with Gasteiger partial charge in [-0.15, -0.1) is 10.2 Å². The molecule has 0 saturated carbocycles. The summed E-state index contributed by atoms with van der Waals surface area (Å²) in [5, 5.41) is 13.0. The molecule has 0 atom stereocenters. The summed E-state index contributed by atoms with van der Waals surface area (Å²) in [5.74, 6) is 0.648. The van der Waals surface area contributed by atoms with E-state index in [2.05, 4.69) is 15.3 Å². The fourth-order valence-electron chi connectivity index (χ4n) is 1.91. The first-order valence-electron chi connectivity index (χ1n) is 5.68. The summed E-state index contributed by atoms with van der Waals surface area (Å²) in [6.45, 7) is 2.02. The molecular formula is C12H9Cl3N4. The second kappa shape index (κ2) is 4.71.